The molecule has 1 aliphatic rings. The average Bonchev–Trinajstić information content (AvgIpc) is 3.23. The normalized spacial score (nSPS) is 19.1. The van der Waals surface area contributed by atoms with E-state index in [1.165, 1.54) is 4.96 Å². The molecule has 0 radical (unpaired) electrons. The monoisotopic (exact) mass is 289 g/mol. The summed E-state index contributed by atoms with van der Waals surface area (Å²) in [5.74, 6) is -1.46. The number of hydrogen-bond acceptors (Lipinski definition) is 6. The highest BCUT2D eigenvalue weighted by molar-refractivity contribution is 5.70. The summed E-state index contributed by atoms with van der Waals surface area (Å²) in [6.45, 7) is 3.15. The van der Waals surface area contributed by atoms with Crippen LogP contribution in [-0.2, 0) is 14.3 Å². The highest BCUT2D eigenvalue weighted by atomic mass is 17.0. The lowest BCUT2D eigenvalue weighted by Gasteiger charge is -2.26. The summed E-state index contributed by atoms with van der Waals surface area (Å²) in [7, 11) is 0. The number of carbonyl (C=O) groups excluding carboxylic acids is 1. The van der Waals surface area contributed by atoms with Crippen LogP contribution in [0, 0.1) is 5.92 Å². The number of aromatic nitrogens is 2. The summed E-state index contributed by atoms with van der Waals surface area (Å²) in [6.07, 6.45) is 1.79. The van der Waals surface area contributed by atoms with Gasteiger partial charge in [-0.1, -0.05) is 6.92 Å². The Bertz CT molecular complexity index is 448. The molecule has 9 heteroatoms. The first-order chi connectivity index (χ1) is 9.61. The van der Waals surface area contributed by atoms with E-state index in [0.29, 0.717) is 25.9 Å². The van der Waals surface area contributed by atoms with Crippen molar-refractivity contribution in [1.82, 2.24) is 9.98 Å². The Balaban J connectivity index is 1.69. The Labute approximate surface area is 115 Å². The molecule has 1 fully saturated rings. The van der Waals surface area contributed by atoms with Crippen LogP contribution in [0.2, 0.25) is 0 Å². The van der Waals surface area contributed by atoms with Crippen LogP contribution in [0.25, 0.3) is 0 Å². The minimum atomic E-state index is -0.796. The number of hydrogen-bond donors (Lipinski definition) is 1. The third-order valence-electron chi connectivity index (χ3n) is 3.09. The first-order valence-electron chi connectivity index (χ1n) is 6.66. The highest BCUT2D eigenvalue weighted by Crippen LogP contribution is 2.16. The van der Waals surface area contributed by atoms with Gasteiger partial charge < -0.3 is 14.7 Å². The first-order valence-corrected chi connectivity index (χ1v) is 6.66. The van der Waals surface area contributed by atoms with Crippen LogP contribution in [-0.4, -0.2) is 53.3 Å². The lowest BCUT2D eigenvalue weighted by atomic mass is 10.00. The first kappa shape index (κ1) is 14.4. The lowest BCUT2D eigenvalue weighted by Crippen LogP contribution is -2.44. The van der Waals surface area contributed by atoms with E-state index in [2.05, 4.69) is 0 Å². The summed E-state index contributed by atoms with van der Waals surface area (Å²) >= 11 is 0. The number of piperidine rings is 1. The predicted molar refractivity (Wildman–Crippen MR) is 65.7 cm³/mol. The van der Waals surface area contributed by atoms with Gasteiger partial charge in [0, 0.05) is 17.9 Å². The topological polar surface area (TPSA) is 99.1 Å². The van der Waals surface area contributed by atoms with E-state index in [1.807, 2.05) is 0 Å². The Hall–Kier alpha value is -2.06. The molecule has 0 amide bonds. The molecule has 1 aromatic heterocycles. The number of carboxylic acid groups (broad SMARTS) is 1. The van der Waals surface area contributed by atoms with Crippen molar-refractivity contribution in [2.75, 3.05) is 31.3 Å². The van der Waals surface area contributed by atoms with Gasteiger partial charge in [0.2, 0.25) is 0 Å². The fourth-order valence-corrected chi connectivity index (χ4v) is 1.96. The lowest BCUT2D eigenvalue weighted by molar-refractivity contribution is -0.145. The minimum Gasteiger partial charge on any atom is -0.481 e. The van der Waals surface area contributed by atoms with Gasteiger partial charge in [0.25, 0.3) is 0 Å². The molecule has 1 aromatic rings. The van der Waals surface area contributed by atoms with Gasteiger partial charge in [-0.3, -0.25) is 14.6 Å². The van der Waals surface area contributed by atoms with E-state index in [9.17, 15) is 9.59 Å². The van der Waals surface area contributed by atoms with Crippen molar-refractivity contribution in [2.24, 2.45) is 5.92 Å². The van der Waals surface area contributed by atoms with Crippen molar-refractivity contribution in [2.45, 2.75) is 26.2 Å². The van der Waals surface area contributed by atoms with Gasteiger partial charge in [-0.05, 0) is 12.8 Å². The summed E-state index contributed by atoms with van der Waals surface area (Å²) in [5.41, 5.74) is 0. The zero-order valence-corrected chi connectivity index (χ0v) is 11.4. The number of aliphatic carboxylic acids is 1. The molecule has 1 saturated heterocycles. The van der Waals surface area contributed by atoms with Crippen LogP contribution in [0.1, 0.15) is 26.2 Å². The maximum atomic E-state index is 10.9. The summed E-state index contributed by atoms with van der Waals surface area (Å²) < 4.78 is 9.90. The molecular weight excluding hydrogens is 270 g/mol. The quantitative estimate of drug-likeness (QED) is 0.543. The van der Waals surface area contributed by atoms with E-state index in [1.54, 1.807) is 11.9 Å². The third kappa shape index (κ3) is 3.72. The molecule has 1 aliphatic heterocycles. The third-order valence-corrected chi connectivity index (χ3v) is 3.09. The van der Waals surface area contributed by atoms with Gasteiger partial charge in [0.1, 0.15) is 11.6 Å². The Morgan fingerprint density at radius 1 is 1.40 bits per heavy atom. The minimum absolute atomic E-state index is 0.151. The van der Waals surface area contributed by atoms with E-state index >= 15 is 0 Å². The van der Waals surface area contributed by atoms with Crippen molar-refractivity contribution in [3.8, 4) is 0 Å². The zero-order chi connectivity index (χ0) is 14.5. The maximum Gasteiger partial charge on any atom is 0.308 e. The molecule has 0 spiro atoms. The van der Waals surface area contributed by atoms with Crippen molar-refractivity contribution >= 4 is 11.9 Å². The molecule has 1 unspecified atom stereocenters. The fraction of sp³-hybridized carbons (Fsp3) is 0.818. The Morgan fingerprint density at radius 3 is 2.90 bits per heavy atom. The molecule has 1 atom stereocenters. The van der Waals surface area contributed by atoms with Gasteiger partial charge >= 0.3 is 11.9 Å². The van der Waals surface area contributed by atoms with Crippen molar-refractivity contribution in [1.29, 1.82) is 0 Å². The molecule has 1 N–H and O–H groups in total. The summed E-state index contributed by atoms with van der Waals surface area (Å²) in [6, 6.07) is 0. The van der Waals surface area contributed by atoms with Gasteiger partial charge in [0.15, 0.2) is 6.61 Å². The van der Waals surface area contributed by atoms with Gasteiger partial charge in [-0.2, -0.15) is 4.63 Å². The van der Waals surface area contributed by atoms with Crippen LogP contribution in [0.3, 0.4) is 0 Å². The summed E-state index contributed by atoms with van der Waals surface area (Å²) in [5, 5.41) is 11.9. The molecule has 9 nitrogen and oxygen atoms in total. The number of rotatable bonds is 7. The largest absolute Gasteiger partial charge is 0.481 e. The Morgan fingerprint density at radius 2 is 2.20 bits per heavy atom. The number of carbonyl (C=O) groups is 2. The van der Waals surface area contributed by atoms with Crippen molar-refractivity contribution in [3.63, 3.8) is 0 Å². The highest BCUT2D eigenvalue weighted by Gasteiger charge is 2.30. The molecule has 0 aliphatic carbocycles. The molecule has 0 aromatic carbocycles. The van der Waals surface area contributed by atoms with E-state index < -0.39 is 5.97 Å². The van der Waals surface area contributed by atoms with Crippen LogP contribution < -0.4 is 9.85 Å². The van der Waals surface area contributed by atoms with E-state index in [-0.39, 0.29) is 25.1 Å². The number of ether oxygens (including phenoxy) is 1. The van der Waals surface area contributed by atoms with E-state index in [0.717, 1.165) is 11.4 Å². The smallest absolute Gasteiger partial charge is 0.308 e. The second kappa shape index (κ2) is 6.40. The van der Waals surface area contributed by atoms with Crippen molar-refractivity contribution in [3.05, 3.63) is 0 Å². The van der Waals surface area contributed by atoms with E-state index in [4.69, 9.17) is 19.3 Å². The second-order valence-corrected chi connectivity index (χ2v) is 4.57. The number of nitrogens with zero attached hydrogens (tertiary/aromatic N) is 3. The van der Waals surface area contributed by atoms with Crippen molar-refractivity contribution < 1.29 is 28.9 Å². The fourth-order valence-electron chi connectivity index (χ4n) is 1.96. The molecule has 114 valence electrons. The molecule has 2 rings (SSSR count). The predicted octanol–water partition coefficient (Wildman–Crippen LogP) is -0.303. The SMILES string of the molecule is CCC(=O)OCCOn1on1N1CCCC(C(=O)O)C1. The summed E-state index contributed by atoms with van der Waals surface area (Å²) in [4.78, 5) is 28.4. The average molecular weight is 289 g/mol. The van der Waals surface area contributed by atoms with Crippen LogP contribution in [0.4, 0.5) is 0 Å². The van der Waals surface area contributed by atoms with Gasteiger partial charge in [-0.25, -0.2) is 0 Å². The zero-order valence-electron chi connectivity index (χ0n) is 11.4. The number of esters is 1. The van der Waals surface area contributed by atoms with Gasteiger partial charge in [0.05, 0.1) is 12.5 Å². The molecular formula is C11H19N3O6. The Kier molecular flexibility index (Phi) is 4.59. The van der Waals surface area contributed by atoms with Gasteiger partial charge in [-0.15, -0.1) is 0 Å². The number of carboxylic acids is 1. The molecule has 0 bridgehead atoms. The van der Waals surface area contributed by atoms with Crippen LogP contribution in [0.15, 0.2) is 4.63 Å². The molecule has 20 heavy (non-hydrogen) atoms. The standard InChI is InChI=1S/C11H19N3O6/c1-2-10(15)18-6-7-19-14-13(20-14)12-5-3-4-9(8-12)11(16)17/h9H,2-8H2,1H3,(H,16,17). The molecule has 2 heterocycles. The maximum absolute atomic E-state index is 10.9. The molecule has 0 saturated carbocycles. The van der Waals surface area contributed by atoms with Crippen LogP contribution >= 0.6 is 0 Å². The second-order valence-electron chi connectivity index (χ2n) is 4.57. The van der Waals surface area contributed by atoms with Crippen LogP contribution in [0.5, 0.6) is 0 Å².